The molecule has 4 aromatic rings. The third-order valence-corrected chi connectivity index (χ3v) is 6.93. The number of aryl methyl sites for hydroxylation is 2. The number of hydrogen-bond acceptors (Lipinski definition) is 6. The fourth-order valence-corrected chi connectivity index (χ4v) is 5.06. The number of nitrogens with zero attached hydrogens (tertiary/aromatic N) is 6. The minimum Gasteiger partial charge on any atom is -0.369 e. The number of halogens is 2. The summed E-state index contributed by atoms with van der Waals surface area (Å²) in [5.74, 6) is -2.02. The molecule has 2 N–H and O–H groups in total. The van der Waals surface area contributed by atoms with E-state index in [-0.39, 0.29) is 28.5 Å². The first-order chi connectivity index (χ1) is 17.2. The largest absolute Gasteiger partial charge is 0.369 e. The first kappa shape index (κ1) is 22.4. The monoisotopic (exact) mass is 490 g/mol. The van der Waals surface area contributed by atoms with Crippen LogP contribution in [0.1, 0.15) is 35.3 Å². The van der Waals surface area contributed by atoms with Crippen molar-refractivity contribution in [3.05, 3.63) is 53.6 Å². The Morgan fingerprint density at radius 1 is 1.22 bits per heavy atom. The highest BCUT2D eigenvalue weighted by molar-refractivity contribution is 6.14. The van der Waals surface area contributed by atoms with Crippen molar-refractivity contribution in [1.29, 1.82) is 5.26 Å². The fourth-order valence-electron chi connectivity index (χ4n) is 5.06. The molecular formula is C25H24F2N8O. The number of rotatable bonds is 5. The summed E-state index contributed by atoms with van der Waals surface area (Å²) in [6.45, 7) is 3.06. The molecule has 1 atom stereocenters. The van der Waals surface area contributed by atoms with Crippen molar-refractivity contribution >= 4 is 33.8 Å². The second-order valence-corrected chi connectivity index (χ2v) is 9.73. The van der Waals surface area contributed by atoms with E-state index in [0.29, 0.717) is 29.9 Å². The van der Waals surface area contributed by atoms with E-state index in [1.54, 1.807) is 31.0 Å². The fraction of sp³-hybridized carbons (Fsp3) is 0.360. The van der Waals surface area contributed by atoms with Crippen LogP contribution in [0.15, 0.2) is 30.7 Å². The zero-order chi connectivity index (χ0) is 25.2. The molecule has 1 aromatic carbocycles. The van der Waals surface area contributed by atoms with Gasteiger partial charge in [0.05, 0.1) is 23.1 Å². The number of amides is 1. The summed E-state index contributed by atoms with van der Waals surface area (Å²) in [5, 5.41) is 20.5. The molecule has 36 heavy (non-hydrogen) atoms. The Hall–Kier alpha value is -4.04. The van der Waals surface area contributed by atoms with Gasteiger partial charge >= 0.3 is 0 Å². The van der Waals surface area contributed by atoms with Gasteiger partial charge in [0.15, 0.2) is 11.5 Å². The zero-order valence-corrected chi connectivity index (χ0v) is 19.8. The first-order valence-electron chi connectivity index (χ1n) is 11.8. The quantitative estimate of drug-likeness (QED) is 0.445. The molecule has 11 heteroatoms. The minimum atomic E-state index is -0.719. The lowest BCUT2D eigenvalue weighted by Crippen LogP contribution is -2.41. The maximum absolute atomic E-state index is 15.5. The van der Waals surface area contributed by atoms with Gasteiger partial charge in [-0.2, -0.15) is 10.4 Å². The van der Waals surface area contributed by atoms with Crippen LogP contribution in [0.4, 0.5) is 20.2 Å². The molecule has 0 spiro atoms. The van der Waals surface area contributed by atoms with E-state index in [4.69, 9.17) is 0 Å². The predicted molar refractivity (Wildman–Crippen MR) is 130 cm³/mol. The highest BCUT2D eigenvalue weighted by Crippen LogP contribution is 2.37. The summed E-state index contributed by atoms with van der Waals surface area (Å²) in [7, 11) is 1.71. The molecule has 4 heterocycles. The molecule has 0 radical (unpaired) electrons. The Balaban J connectivity index is 1.31. The van der Waals surface area contributed by atoms with Gasteiger partial charge in [-0.15, -0.1) is 0 Å². The molecule has 1 saturated heterocycles. The number of hydrogen-bond donors (Lipinski definition) is 2. The molecule has 0 bridgehead atoms. The molecule has 1 aliphatic carbocycles. The summed E-state index contributed by atoms with van der Waals surface area (Å²) in [6, 6.07) is 5.00. The maximum atomic E-state index is 15.5. The lowest BCUT2D eigenvalue weighted by atomic mass is 10.1. The molecule has 1 amide bonds. The Morgan fingerprint density at radius 3 is 2.78 bits per heavy atom. The van der Waals surface area contributed by atoms with E-state index >= 15 is 4.39 Å². The van der Waals surface area contributed by atoms with Crippen LogP contribution in [0.3, 0.4) is 0 Å². The predicted octanol–water partition coefficient (Wildman–Crippen LogP) is 3.28. The van der Waals surface area contributed by atoms with Crippen molar-refractivity contribution in [1.82, 2.24) is 24.5 Å². The normalized spacial score (nSPS) is 18.6. The molecular weight excluding hydrogens is 466 g/mol. The second kappa shape index (κ2) is 7.99. The molecule has 1 aliphatic heterocycles. The van der Waals surface area contributed by atoms with E-state index in [1.165, 1.54) is 16.7 Å². The molecule has 3 aromatic heterocycles. The molecule has 2 aliphatic rings. The Morgan fingerprint density at radius 2 is 2.03 bits per heavy atom. The lowest BCUT2D eigenvalue weighted by molar-refractivity contribution is 0.102. The van der Waals surface area contributed by atoms with Crippen molar-refractivity contribution in [2.45, 2.75) is 37.8 Å². The van der Waals surface area contributed by atoms with Crippen LogP contribution < -0.4 is 15.5 Å². The van der Waals surface area contributed by atoms with Gasteiger partial charge < -0.3 is 14.6 Å². The Labute approximate surface area is 205 Å². The average molecular weight is 491 g/mol. The van der Waals surface area contributed by atoms with Crippen LogP contribution in [-0.2, 0) is 7.05 Å². The molecule has 1 saturated carbocycles. The number of nitriles is 1. The van der Waals surface area contributed by atoms with Crippen LogP contribution in [-0.4, -0.2) is 49.7 Å². The van der Waals surface area contributed by atoms with Crippen molar-refractivity contribution in [2.24, 2.45) is 7.05 Å². The third-order valence-electron chi connectivity index (χ3n) is 6.93. The van der Waals surface area contributed by atoms with Crippen LogP contribution >= 0.6 is 0 Å². The number of anilines is 2. The molecule has 2 fully saturated rings. The summed E-state index contributed by atoms with van der Waals surface area (Å²) < 4.78 is 33.0. The standard InChI is InChI=1S/C25H24F2N8O/c1-14-9-35-11-16(7-19(27)23(35)29-14)30-24(36)21-18(26)8-20(17-12-33(2)32-22(17)21)34-6-3-15(10-34)31-25(13-28)4-5-25/h7-9,11-12,15,31H,3-6,10H2,1-2H3,(H,30,36)/t15-/m0/s1. The summed E-state index contributed by atoms with van der Waals surface area (Å²) in [4.78, 5) is 19.4. The smallest absolute Gasteiger partial charge is 0.260 e. The number of carbonyl (C=O) groups is 1. The van der Waals surface area contributed by atoms with E-state index < -0.39 is 23.1 Å². The SMILES string of the molecule is Cc1cn2cc(NC(=O)c3c(F)cc(N4CC[C@H](NC5(C#N)CC5)C4)c4cn(C)nc34)cc(F)c2n1. The van der Waals surface area contributed by atoms with Gasteiger partial charge in [-0.05, 0) is 32.3 Å². The lowest BCUT2D eigenvalue weighted by Gasteiger charge is -2.22. The third kappa shape index (κ3) is 3.74. The number of benzene rings is 1. The van der Waals surface area contributed by atoms with Crippen molar-refractivity contribution < 1.29 is 13.6 Å². The summed E-state index contributed by atoms with van der Waals surface area (Å²) in [5.41, 5.74) is 1.22. The van der Waals surface area contributed by atoms with Crippen LogP contribution in [0.25, 0.3) is 16.6 Å². The number of carbonyl (C=O) groups excluding carboxylic acids is 1. The summed E-state index contributed by atoms with van der Waals surface area (Å²) >= 11 is 0. The van der Waals surface area contributed by atoms with Gasteiger partial charge in [0, 0.05) is 56.2 Å². The highest BCUT2D eigenvalue weighted by atomic mass is 19.1. The van der Waals surface area contributed by atoms with Crippen molar-refractivity contribution in [2.75, 3.05) is 23.3 Å². The molecule has 6 rings (SSSR count). The minimum absolute atomic E-state index is 0.126. The van der Waals surface area contributed by atoms with E-state index in [9.17, 15) is 14.4 Å². The number of imidazole rings is 1. The van der Waals surface area contributed by atoms with E-state index in [0.717, 1.165) is 25.3 Å². The van der Waals surface area contributed by atoms with Gasteiger partial charge in [0.2, 0.25) is 0 Å². The second-order valence-electron chi connectivity index (χ2n) is 9.73. The topological polar surface area (TPSA) is 103 Å². The van der Waals surface area contributed by atoms with Gasteiger partial charge in [-0.25, -0.2) is 13.8 Å². The number of pyridine rings is 1. The number of fused-ring (bicyclic) bond motifs is 2. The van der Waals surface area contributed by atoms with Gasteiger partial charge in [0.1, 0.15) is 22.4 Å². The van der Waals surface area contributed by atoms with Crippen LogP contribution in [0.5, 0.6) is 0 Å². The summed E-state index contributed by atoms with van der Waals surface area (Å²) in [6.07, 6.45) is 7.46. The molecule has 184 valence electrons. The van der Waals surface area contributed by atoms with E-state index in [2.05, 4.69) is 31.7 Å². The average Bonchev–Trinajstić information content (AvgIpc) is 3.10. The Bertz CT molecular complexity index is 1580. The van der Waals surface area contributed by atoms with Gasteiger partial charge in [-0.1, -0.05) is 0 Å². The molecule has 9 nitrogen and oxygen atoms in total. The Kier molecular flexibility index (Phi) is 4.98. The number of nitrogens with one attached hydrogen (secondary N) is 2. The van der Waals surface area contributed by atoms with Crippen LogP contribution in [0, 0.1) is 29.9 Å². The van der Waals surface area contributed by atoms with Crippen LogP contribution in [0.2, 0.25) is 0 Å². The molecule has 0 unspecified atom stereocenters. The maximum Gasteiger partial charge on any atom is 0.260 e. The first-order valence-corrected chi connectivity index (χ1v) is 11.8. The highest BCUT2D eigenvalue weighted by Gasteiger charge is 2.45. The van der Waals surface area contributed by atoms with Crippen molar-refractivity contribution in [3.8, 4) is 6.07 Å². The van der Waals surface area contributed by atoms with Gasteiger partial charge in [0.25, 0.3) is 5.91 Å². The number of aromatic nitrogens is 4. The van der Waals surface area contributed by atoms with E-state index in [1.807, 2.05) is 0 Å². The zero-order valence-electron chi connectivity index (χ0n) is 19.8. The van der Waals surface area contributed by atoms with Gasteiger partial charge in [-0.3, -0.25) is 14.8 Å². The van der Waals surface area contributed by atoms with Crippen molar-refractivity contribution in [3.63, 3.8) is 0 Å².